The zero-order valence-electron chi connectivity index (χ0n) is 18.4. The summed E-state index contributed by atoms with van der Waals surface area (Å²) in [5.41, 5.74) is -0.412. The highest BCUT2D eigenvalue weighted by molar-refractivity contribution is 7.89. The van der Waals surface area contributed by atoms with Crippen LogP contribution in [0.4, 0.5) is 4.79 Å². The number of rotatable bonds is 6. The van der Waals surface area contributed by atoms with Gasteiger partial charge in [-0.05, 0) is 33.1 Å². The molecule has 12 heteroatoms. The summed E-state index contributed by atoms with van der Waals surface area (Å²) in [7, 11) is -3.73. The van der Waals surface area contributed by atoms with Crippen molar-refractivity contribution in [3.8, 4) is 0 Å². The van der Waals surface area contributed by atoms with Crippen molar-refractivity contribution in [2.45, 2.75) is 62.8 Å². The number of carbonyl (C=O) groups is 3. The minimum atomic E-state index is -3.73. The van der Waals surface area contributed by atoms with Crippen LogP contribution in [0.5, 0.6) is 0 Å². The molecule has 2 saturated heterocycles. The van der Waals surface area contributed by atoms with Gasteiger partial charge in [0.25, 0.3) is 5.91 Å². The van der Waals surface area contributed by atoms with Crippen LogP contribution >= 0.6 is 0 Å². The number of amides is 4. The van der Waals surface area contributed by atoms with Gasteiger partial charge in [-0.3, -0.25) is 14.5 Å². The molecule has 3 aliphatic rings. The van der Waals surface area contributed by atoms with Crippen molar-refractivity contribution in [3.63, 3.8) is 0 Å². The van der Waals surface area contributed by atoms with Gasteiger partial charge in [0.15, 0.2) is 5.76 Å². The minimum Gasteiger partial charge on any atom is -0.360 e. The lowest BCUT2D eigenvalue weighted by Gasteiger charge is -2.34. The van der Waals surface area contributed by atoms with Crippen LogP contribution in [0.3, 0.4) is 0 Å². The Hall–Kier alpha value is -2.47. The van der Waals surface area contributed by atoms with E-state index in [0.717, 1.165) is 12.8 Å². The molecule has 11 nitrogen and oxygen atoms in total. The Labute approximate surface area is 187 Å². The summed E-state index contributed by atoms with van der Waals surface area (Å²) < 4.78 is 32.1. The lowest BCUT2D eigenvalue weighted by atomic mass is 9.98. The highest BCUT2D eigenvalue weighted by Crippen LogP contribution is 2.35. The Bertz CT molecular complexity index is 1000. The third-order valence-corrected chi connectivity index (χ3v) is 8.78. The molecule has 1 aromatic heterocycles. The molecule has 0 aromatic carbocycles. The second-order valence-corrected chi connectivity index (χ2v) is 10.6. The maximum atomic E-state index is 12.9. The number of hydrogen-bond donors (Lipinski definition) is 1. The third kappa shape index (κ3) is 3.90. The van der Waals surface area contributed by atoms with E-state index in [2.05, 4.69) is 10.5 Å². The number of carbonyl (C=O) groups excluding carboxylic acids is 3. The quantitative estimate of drug-likeness (QED) is 0.611. The van der Waals surface area contributed by atoms with Crippen molar-refractivity contribution in [1.29, 1.82) is 0 Å². The summed E-state index contributed by atoms with van der Waals surface area (Å²) in [6, 6.07) is -0.373. The number of hydrogen-bond acceptors (Lipinski definition) is 7. The van der Waals surface area contributed by atoms with E-state index in [4.69, 9.17) is 4.52 Å². The lowest BCUT2D eigenvalue weighted by Crippen LogP contribution is -2.50. The highest BCUT2D eigenvalue weighted by atomic mass is 32.2. The van der Waals surface area contributed by atoms with Crippen molar-refractivity contribution in [2.75, 3.05) is 32.7 Å². The highest BCUT2D eigenvalue weighted by Gasteiger charge is 2.52. The zero-order chi connectivity index (χ0) is 23.1. The summed E-state index contributed by atoms with van der Waals surface area (Å²) in [4.78, 5) is 40.4. The van der Waals surface area contributed by atoms with Crippen LogP contribution in [-0.4, -0.2) is 83.8 Å². The number of piperazine rings is 1. The van der Waals surface area contributed by atoms with Crippen molar-refractivity contribution in [1.82, 2.24) is 24.6 Å². The summed E-state index contributed by atoms with van der Waals surface area (Å²) in [6.07, 6.45) is 3.78. The second kappa shape index (κ2) is 8.47. The average Bonchev–Trinajstić information content (AvgIpc) is 3.43. The van der Waals surface area contributed by atoms with E-state index in [1.54, 1.807) is 18.7 Å². The van der Waals surface area contributed by atoms with E-state index in [-0.39, 0.29) is 67.6 Å². The fourth-order valence-electron chi connectivity index (χ4n) is 4.89. The number of imide groups is 1. The first-order valence-corrected chi connectivity index (χ1v) is 12.4. The van der Waals surface area contributed by atoms with Gasteiger partial charge in [-0.25, -0.2) is 13.2 Å². The number of aromatic nitrogens is 1. The zero-order valence-corrected chi connectivity index (χ0v) is 19.2. The van der Waals surface area contributed by atoms with E-state index in [1.807, 2.05) is 0 Å². The number of urea groups is 1. The molecule has 3 fully saturated rings. The Morgan fingerprint density at radius 1 is 1.12 bits per heavy atom. The number of aryl methyl sites for hydroxylation is 2. The molecule has 0 bridgehead atoms. The Balaban J connectivity index is 1.26. The van der Waals surface area contributed by atoms with Crippen LogP contribution in [0, 0.1) is 13.8 Å². The van der Waals surface area contributed by atoms with Gasteiger partial charge in [-0.15, -0.1) is 0 Å². The molecule has 1 aromatic rings. The van der Waals surface area contributed by atoms with E-state index in [9.17, 15) is 22.8 Å². The second-order valence-electron chi connectivity index (χ2n) is 8.72. The molecular weight excluding hydrogens is 438 g/mol. The smallest absolute Gasteiger partial charge is 0.325 e. The van der Waals surface area contributed by atoms with E-state index < -0.39 is 15.6 Å². The molecule has 1 aliphatic carbocycles. The SMILES string of the molecule is Cc1noc(C)c1S(=O)(=O)N1CCN(C(=O)CCCN2C(=O)NC3(CCCC3)C2=O)CC1. The van der Waals surface area contributed by atoms with Crippen LogP contribution in [0.15, 0.2) is 9.42 Å². The Morgan fingerprint density at radius 3 is 2.38 bits per heavy atom. The molecule has 0 radical (unpaired) electrons. The topological polar surface area (TPSA) is 133 Å². The van der Waals surface area contributed by atoms with Gasteiger partial charge >= 0.3 is 6.03 Å². The van der Waals surface area contributed by atoms with Crippen molar-refractivity contribution < 1.29 is 27.3 Å². The van der Waals surface area contributed by atoms with Crippen LogP contribution in [-0.2, 0) is 19.6 Å². The maximum Gasteiger partial charge on any atom is 0.325 e. The molecule has 2 aliphatic heterocycles. The van der Waals surface area contributed by atoms with Crippen molar-refractivity contribution >= 4 is 27.9 Å². The molecular formula is C20H29N5O6S. The lowest BCUT2D eigenvalue weighted by molar-refractivity contribution is -0.134. The molecule has 1 N–H and O–H groups in total. The maximum absolute atomic E-state index is 12.9. The van der Waals surface area contributed by atoms with E-state index in [1.165, 1.54) is 9.21 Å². The number of nitrogens with zero attached hydrogens (tertiary/aromatic N) is 4. The van der Waals surface area contributed by atoms with Gasteiger partial charge in [0.05, 0.1) is 0 Å². The van der Waals surface area contributed by atoms with Crippen LogP contribution in [0.1, 0.15) is 50.0 Å². The molecule has 1 saturated carbocycles. The normalized spacial score (nSPS) is 21.6. The Kier molecular flexibility index (Phi) is 6.01. The average molecular weight is 468 g/mol. The van der Waals surface area contributed by atoms with Gasteiger partial charge in [-0.1, -0.05) is 18.0 Å². The molecule has 32 heavy (non-hydrogen) atoms. The summed E-state index contributed by atoms with van der Waals surface area (Å²) in [6.45, 7) is 4.30. The largest absolute Gasteiger partial charge is 0.360 e. The molecule has 176 valence electrons. The summed E-state index contributed by atoms with van der Waals surface area (Å²) >= 11 is 0. The predicted molar refractivity (Wildman–Crippen MR) is 112 cm³/mol. The number of sulfonamides is 1. The van der Waals surface area contributed by atoms with Gasteiger partial charge in [0, 0.05) is 39.1 Å². The van der Waals surface area contributed by atoms with Gasteiger partial charge in [0.1, 0.15) is 16.1 Å². The van der Waals surface area contributed by atoms with Crippen LogP contribution < -0.4 is 5.32 Å². The fourth-order valence-corrected chi connectivity index (χ4v) is 6.61. The summed E-state index contributed by atoms with van der Waals surface area (Å²) in [5, 5.41) is 6.56. The molecule has 0 atom stereocenters. The van der Waals surface area contributed by atoms with Gasteiger partial charge in [-0.2, -0.15) is 4.31 Å². The molecule has 1 spiro atoms. The Morgan fingerprint density at radius 2 is 1.78 bits per heavy atom. The van der Waals surface area contributed by atoms with Crippen molar-refractivity contribution in [3.05, 3.63) is 11.5 Å². The number of nitrogens with one attached hydrogen (secondary N) is 1. The first kappa shape index (κ1) is 22.7. The van der Waals surface area contributed by atoms with Gasteiger partial charge in [0.2, 0.25) is 15.9 Å². The van der Waals surface area contributed by atoms with Gasteiger partial charge < -0.3 is 14.7 Å². The molecule has 3 heterocycles. The molecule has 0 unspecified atom stereocenters. The predicted octanol–water partition coefficient (Wildman–Crippen LogP) is 0.769. The molecule has 4 amide bonds. The third-order valence-electron chi connectivity index (χ3n) is 6.63. The summed E-state index contributed by atoms with van der Waals surface area (Å²) in [5.74, 6) is -0.0338. The monoisotopic (exact) mass is 467 g/mol. The van der Waals surface area contributed by atoms with Crippen LogP contribution in [0.25, 0.3) is 0 Å². The minimum absolute atomic E-state index is 0.0888. The van der Waals surface area contributed by atoms with Crippen LogP contribution in [0.2, 0.25) is 0 Å². The molecule has 4 rings (SSSR count). The fraction of sp³-hybridized carbons (Fsp3) is 0.700. The standard InChI is InChI=1S/C20H29N5O6S/c1-14-17(15(2)31-22-14)32(29,30)24-12-10-23(11-13-24)16(26)6-5-9-25-18(27)20(21-19(25)28)7-3-4-8-20/h3-13H2,1-2H3,(H,21,28). The van der Waals surface area contributed by atoms with Crippen molar-refractivity contribution in [2.24, 2.45) is 0 Å². The first-order valence-electron chi connectivity index (χ1n) is 11.0. The van der Waals surface area contributed by atoms with E-state index >= 15 is 0 Å². The first-order chi connectivity index (χ1) is 15.2. The van der Waals surface area contributed by atoms with E-state index in [0.29, 0.717) is 25.0 Å².